The van der Waals surface area contributed by atoms with E-state index in [4.69, 9.17) is 4.42 Å². The van der Waals surface area contributed by atoms with E-state index in [-0.39, 0.29) is 6.04 Å². The molecule has 0 fully saturated rings. The molecule has 5 heteroatoms. The highest BCUT2D eigenvalue weighted by Gasteiger charge is 2.18. The molecule has 4 nitrogen and oxygen atoms in total. The van der Waals surface area contributed by atoms with Gasteiger partial charge in [-0.15, -0.1) is 5.10 Å². The molecule has 2 aromatic rings. The summed E-state index contributed by atoms with van der Waals surface area (Å²) in [4.78, 5) is 1.25. The summed E-state index contributed by atoms with van der Waals surface area (Å²) in [7, 11) is 1.97. The van der Waals surface area contributed by atoms with Crippen molar-refractivity contribution < 1.29 is 4.42 Å². The van der Waals surface area contributed by atoms with E-state index in [2.05, 4.69) is 21.8 Å². The molecular weight excluding hydrogens is 234 g/mol. The number of furan rings is 1. The van der Waals surface area contributed by atoms with Crippen molar-refractivity contribution in [3.63, 3.8) is 0 Å². The number of hydrogen-bond acceptors (Lipinski definition) is 5. The molecule has 0 aliphatic carbocycles. The molecule has 2 aromatic heterocycles. The normalized spacial score (nSPS) is 12.8. The highest BCUT2D eigenvalue weighted by Crippen LogP contribution is 2.24. The van der Waals surface area contributed by atoms with E-state index in [0.717, 1.165) is 25.0 Å². The Morgan fingerprint density at radius 2 is 2.41 bits per heavy atom. The second kappa shape index (κ2) is 5.93. The molecule has 0 aliphatic heterocycles. The summed E-state index contributed by atoms with van der Waals surface area (Å²) in [6.45, 7) is 2.16. The van der Waals surface area contributed by atoms with Crippen LogP contribution in [0, 0.1) is 0 Å². The predicted molar refractivity (Wildman–Crippen MR) is 68.1 cm³/mol. The molecule has 0 radical (unpaired) electrons. The van der Waals surface area contributed by atoms with Gasteiger partial charge in [-0.1, -0.05) is 17.8 Å². The number of rotatable bonds is 6. The van der Waals surface area contributed by atoms with Crippen LogP contribution < -0.4 is 5.32 Å². The Hall–Kier alpha value is -1.20. The van der Waals surface area contributed by atoms with Crippen LogP contribution in [0.2, 0.25) is 0 Å². The van der Waals surface area contributed by atoms with Gasteiger partial charge in [-0.2, -0.15) is 0 Å². The lowest BCUT2D eigenvalue weighted by Gasteiger charge is -2.14. The molecule has 0 bridgehead atoms. The average molecular weight is 251 g/mol. The van der Waals surface area contributed by atoms with Gasteiger partial charge in [0.25, 0.3) is 0 Å². The summed E-state index contributed by atoms with van der Waals surface area (Å²) in [6.07, 6.45) is 6.50. The van der Waals surface area contributed by atoms with Crippen molar-refractivity contribution in [1.82, 2.24) is 14.9 Å². The number of likely N-dealkylation sites (N-methyl/N-ethyl adjacent to an activating group) is 1. The lowest BCUT2D eigenvalue weighted by Crippen LogP contribution is -2.19. The third kappa shape index (κ3) is 2.92. The Labute approximate surface area is 105 Å². The quantitative estimate of drug-likeness (QED) is 0.857. The van der Waals surface area contributed by atoms with E-state index in [1.165, 1.54) is 22.0 Å². The number of aromatic nitrogens is 2. The maximum Gasteiger partial charge on any atom is 0.0935 e. The van der Waals surface area contributed by atoms with Gasteiger partial charge in [0.2, 0.25) is 0 Å². The molecule has 0 spiro atoms. The van der Waals surface area contributed by atoms with Crippen molar-refractivity contribution in [3.05, 3.63) is 34.7 Å². The Balaban J connectivity index is 2.14. The molecule has 0 amide bonds. The van der Waals surface area contributed by atoms with Gasteiger partial charge in [-0.3, -0.25) is 0 Å². The Morgan fingerprint density at radius 1 is 1.53 bits per heavy atom. The summed E-state index contributed by atoms with van der Waals surface area (Å²) in [5, 5.41) is 7.54. The Bertz CT molecular complexity index is 438. The van der Waals surface area contributed by atoms with Gasteiger partial charge in [-0.25, -0.2) is 0 Å². The zero-order chi connectivity index (χ0) is 12.1. The first-order valence-corrected chi connectivity index (χ1v) is 6.62. The average Bonchev–Trinajstić information content (AvgIpc) is 2.97. The first kappa shape index (κ1) is 12.3. The third-order valence-corrected chi connectivity index (χ3v) is 3.64. The van der Waals surface area contributed by atoms with E-state index in [1.54, 1.807) is 12.5 Å². The van der Waals surface area contributed by atoms with Crippen LogP contribution in [-0.2, 0) is 12.8 Å². The summed E-state index contributed by atoms with van der Waals surface area (Å²) >= 11 is 1.49. The highest BCUT2D eigenvalue weighted by molar-refractivity contribution is 7.05. The Morgan fingerprint density at radius 3 is 3.06 bits per heavy atom. The maximum absolute atomic E-state index is 5.10. The fourth-order valence-corrected chi connectivity index (χ4v) is 2.66. The van der Waals surface area contributed by atoms with Crippen molar-refractivity contribution in [2.24, 2.45) is 0 Å². The molecule has 0 saturated heterocycles. The second-order valence-electron chi connectivity index (χ2n) is 4.01. The Kier molecular flexibility index (Phi) is 4.28. The van der Waals surface area contributed by atoms with Gasteiger partial charge >= 0.3 is 0 Å². The van der Waals surface area contributed by atoms with Crippen molar-refractivity contribution in [2.45, 2.75) is 32.2 Å². The lowest BCUT2D eigenvalue weighted by atomic mass is 10.1. The second-order valence-corrected chi connectivity index (χ2v) is 4.80. The number of nitrogens with zero attached hydrogens (tertiary/aromatic N) is 2. The van der Waals surface area contributed by atoms with Crippen LogP contribution in [0.5, 0.6) is 0 Å². The van der Waals surface area contributed by atoms with E-state index in [9.17, 15) is 0 Å². The molecule has 92 valence electrons. The molecule has 1 unspecified atom stereocenters. The molecule has 2 heterocycles. The van der Waals surface area contributed by atoms with E-state index in [1.807, 2.05) is 13.1 Å². The molecule has 1 atom stereocenters. The fourth-order valence-electron chi connectivity index (χ4n) is 1.86. The van der Waals surface area contributed by atoms with E-state index < -0.39 is 0 Å². The summed E-state index contributed by atoms with van der Waals surface area (Å²) < 4.78 is 9.17. The third-order valence-electron chi connectivity index (χ3n) is 2.76. The highest BCUT2D eigenvalue weighted by atomic mass is 32.1. The largest absolute Gasteiger partial charge is 0.472 e. The first-order chi connectivity index (χ1) is 8.35. The summed E-state index contributed by atoms with van der Waals surface area (Å²) in [6, 6.07) is 2.27. The van der Waals surface area contributed by atoms with Crippen LogP contribution in [0.25, 0.3) is 0 Å². The molecule has 17 heavy (non-hydrogen) atoms. The van der Waals surface area contributed by atoms with Gasteiger partial charge in [0.15, 0.2) is 0 Å². The minimum Gasteiger partial charge on any atom is -0.472 e. The molecule has 1 N–H and O–H groups in total. The van der Waals surface area contributed by atoms with Gasteiger partial charge in [0.05, 0.1) is 23.1 Å². The summed E-state index contributed by atoms with van der Waals surface area (Å²) in [5.74, 6) is 0. The predicted octanol–water partition coefficient (Wildman–Crippen LogP) is 2.59. The molecular formula is C12H17N3OS. The standard InChI is InChI=1S/C12H17N3OS/c1-3-4-10-12(17-15-14-10)11(13-2)7-9-5-6-16-8-9/h5-6,8,11,13H,3-4,7H2,1-2H3. The van der Waals surface area contributed by atoms with E-state index in [0.29, 0.717) is 0 Å². The van der Waals surface area contributed by atoms with Crippen molar-refractivity contribution in [3.8, 4) is 0 Å². The number of nitrogens with one attached hydrogen (secondary N) is 1. The van der Waals surface area contributed by atoms with Crippen LogP contribution in [0.15, 0.2) is 23.0 Å². The minimum atomic E-state index is 0.272. The van der Waals surface area contributed by atoms with Crippen molar-refractivity contribution in [2.75, 3.05) is 7.05 Å². The summed E-state index contributed by atoms with van der Waals surface area (Å²) in [5.41, 5.74) is 2.32. The van der Waals surface area contributed by atoms with Crippen LogP contribution in [0.1, 0.15) is 35.5 Å². The number of hydrogen-bond donors (Lipinski definition) is 1. The SMILES string of the molecule is CCCc1nnsc1C(Cc1ccoc1)NC. The number of aryl methyl sites for hydroxylation is 1. The smallest absolute Gasteiger partial charge is 0.0935 e. The lowest BCUT2D eigenvalue weighted by molar-refractivity contribution is 0.552. The zero-order valence-electron chi connectivity index (χ0n) is 10.1. The van der Waals surface area contributed by atoms with Crippen LogP contribution in [-0.4, -0.2) is 16.6 Å². The zero-order valence-corrected chi connectivity index (χ0v) is 11.0. The molecule has 0 aromatic carbocycles. The maximum atomic E-state index is 5.10. The van der Waals surface area contributed by atoms with Crippen LogP contribution in [0.3, 0.4) is 0 Å². The molecule has 2 rings (SSSR count). The molecule has 0 saturated carbocycles. The van der Waals surface area contributed by atoms with Gasteiger partial charge in [0.1, 0.15) is 0 Å². The monoisotopic (exact) mass is 251 g/mol. The van der Waals surface area contributed by atoms with Gasteiger partial charge in [-0.05, 0) is 43.1 Å². The van der Waals surface area contributed by atoms with Gasteiger partial charge in [0, 0.05) is 6.04 Å². The minimum absolute atomic E-state index is 0.272. The fraction of sp³-hybridized carbons (Fsp3) is 0.500. The van der Waals surface area contributed by atoms with Crippen molar-refractivity contribution in [1.29, 1.82) is 0 Å². The van der Waals surface area contributed by atoms with Crippen LogP contribution in [0.4, 0.5) is 0 Å². The van der Waals surface area contributed by atoms with E-state index >= 15 is 0 Å². The molecule has 0 aliphatic rings. The topological polar surface area (TPSA) is 51.0 Å². The van der Waals surface area contributed by atoms with Gasteiger partial charge < -0.3 is 9.73 Å². The first-order valence-electron chi connectivity index (χ1n) is 5.84. The van der Waals surface area contributed by atoms with Crippen LogP contribution >= 0.6 is 11.5 Å². The van der Waals surface area contributed by atoms with Crippen molar-refractivity contribution >= 4 is 11.5 Å².